The summed E-state index contributed by atoms with van der Waals surface area (Å²) >= 11 is 0. The van der Waals surface area contributed by atoms with E-state index in [0.29, 0.717) is 35.1 Å². The monoisotopic (exact) mass is 586 g/mol. The van der Waals surface area contributed by atoms with Gasteiger partial charge in [0, 0.05) is 17.3 Å². The number of carbonyl (C=O) groups is 2. The fraction of sp³-hybridized carbons (Fsp3) is 0.867. The van der Waals surface area contributed by atoms with Gasteiger partial charge >= 0.3 is 29.6 Å². The smallest absolute Gasteiger partial charge is 0.550 e. The number of carboxylic acids is 1. The molecule has 9 heteroatoms. The minimum absolute atomic E-state index is 0. The molecule has 0 aliphatic rings. The molecule has 1 amide bonds. The molecule has 246 valence electrons. The Bertz CT molecular complexity index is 525. The number of likely N-dealkylation sites (N-methyl/N-ethyl adjacent to an activating group) is 2. The molecule has 0 heterocycles. The maximum absolute atomic E-state index is 12.7. The predicted molar refractivity (Wildman–Crippen MR) is 173 cm³/mol. The average molecular weight is 586 g/mol. The molecule has 0 aliphatic carbocycles. The van der Waals surface area contributed by atoms with Gasteiger partial charge in [-0.1, -0.05) is 80.2 Å². The number of hydrogen-bond donors (Lipinski definition) is 3. The number of nitrogens with zero attached hydrogens (tertiary/aromatic N) is 2. The van der Waals surface area contributed by atoms with Gasteiger partial charge in [0.15, 0.2) is 12.8 Å². The van der Waals surface area contributed by atoms with Gasteiger partial charge in [0.25, 0.3) is 0 Å². The van der Waals surface area contributed by atoms with E-state index >= 15 is 0 Å². The number of aliphatic hydroxyl groups excluding tert-OH is 2. The third-order valence-corrected chi connectivity index (χ3v) is 4.86. The van der Waals surface area contributed by atoms with Gasteiger partial charge in [-0.05, 0) is 19.3 Å². The van der Waals surface area contributed by atoms with Crippen LogP contribution in [0.15, 0.2) is 0 Å². The van der Waals surface area contributed by atoms with Crippen molar-refractivity contribution in [3.8, 4) is 0 Å². The molecule has 0 aromatic heterocycles. The van der Waals surface area contributed by atoms with Crippen molar-refractivity contribution in [2.24, 2.45) is 11.3 Å². The number of nitrogens with one attached hydrogen (secondary N) is 1. The summed E-state index contributed by atoms with van der Waals surface area (Å²) < 4.78 is 1.05. The SMILES string of the molecule is C.C.C.C.C.C.C.C.CCC(O)CC(CC(C)(C)C(=O)NC[N+](C)(C)CC(O)C[N+](C)(C)C)C(=O)[O-].[CH3-].[CH3-].[Na+]. The van der Waals surface area contributed by atoms with Crippen LogP contribution < -0.4 is 40.0 Å². The Morgan fingerprint density at radius 2 is 1.21 bits per heavy atom. The maximum Gasteiger partial charge on any atom is 1.00 e. The van der Waals surface area contributed by atoms with Crippen molar-refractivity contribution in [2.75, 3.05) is 55.0 Å². The Morgan fingerprint density at radius 1 is 0.821 bits per heavy atom. The number of hydrogen-bond acceptors (Lipinski definition) is 5. The van der Waals surface area contributed by atoms with Gasteiger partial charge < -0.3 is 49.3 Å². The first kappa shape index (κ1) is 77.2. The van der Waals surface area contributed by atoms with Crippen LogP contribution >= 0.6 is 0 Å². The van der Waals surface area contributed by atoms with E-state index in [1.165, 1.54) is 0 Å². The Hall–Kier alpha value is -0.220. The van der Waals surface area contributed by atoms with Gasteiger partial charge in [0.05, 0.1) is 41.3 Å². The molecule has 0 fully saturated rings. The number of amides is 1. The van der Waals surface area contributed by atoms with Crippen molar-refractivity contribution >= 4 is 11.9 Å². The van der Waals surface area contributed by atoms with Crippen molar-refractivity contribution < 1.29 is 63.4 Å². The van der Waals surface area contributed by atoms with Crippen LogP contribution in [-0.2, 0) is 9.59 Å². The summed E-state index contributed by atoms with van der Waals surface area (Å²) in [6, 6.07) is 0. The third-order valence-electron chi connectivity index (χ3n) is 4.86. The van der Waals surface area contributed by atoms with E-state index in [4.69, 9.17) is 0 Å². The Balaban J connectivity index is -0.0000000663. The zero-order valence-electron chi connectivity index (χ0n) is 22.0. The van der Waals surface area contributed by atoms with Gasteiger partial charge in [-0.3, -0.25) is 4.79 Å². The fourth-order valence-corrected chi connectivity index (χ4v) is 3.32. The Morgan fingerprint density at radius 3 is 1.51 bits per heavy atom. The molecule has 3 atom stereocenters. The van der Waals surface area contributed by atoms with E-state index in [1.807, 2.05) is 35.2 Å². The Labute approximate surface area is 272 Å². The number of aliphatic hydroxyl groups is 2. The van der Waals surface area contributed by atoms with E-state index < -0.39 is 29.5 Å². The summed E-state index contributed by atoms with van der Waals surface area (Å²) in [5, 5.41) is 34.4. The summed E-state index contributed by atoms with van der Waals surface area (Å²) in [5.74, 6) is -2.38. The third kappa shape index (κ3) is 35.8. The number of carbonyl (C=O) groups excluding carboxylic acids is 2. The van der Waals surface area contributed by atoms with Crippen molar-refractivity contribution in [1.82, 2.24) is 5.32 Å². The molecule has 8 nitrogen and oxygen atoms in total. The first-order chi connectivity index (χ1) is 12.5. The largest absolute Gasteiger partial charge is 1.00 e. The van der Waals surface area contributed by atoms with Crippen LogP contribution in [0.2, 0.25) is 0 Å². The van der Waals surface area contributed by atoms with Crippen LogP contribution in [0.4, 0.5) is 0 Å². The van der Waals surface area contributed by atoms with E-state index in [-0.39, 0.29) is 123 Å². The zero-order chi connectivity index (χ0) is 22.3. The molecule has 0 saturated heterocycles. The van der Waals surface area contributed by atoms with E-state index in [2.05, 4.69) is 5.32 Å². The van der Waals surface area contributed by atoms with Crippen LogP contribution in [0.25, 0.3) is 0 Å². The van der Waals surface area contributed by atoms with E-state index in [9.17, 15) is 24.9 Å². The van der Waals surface area contributed by atoms with Crippen LogP contribution in [0, 0.1) is 26.2 Å². The summed E-state index contributed by atoms with van der Waals surface area (Å²) in [7, 11) is 9.88. The second-order valence-corrected chi connectivity index (χ2v) is 10.3. The van der Waals surface area contributed by atoms with E-state index in [1.54, 1.807) is 20.8 Å². The summed E-state index contributed by atoms with van der Waals surface area (Å²) in [4.78, 5) is 24.1. The minimum atomic E-state index is -1.24. The topological polar surface area (TPSA) is 110 Å². The van der Waals surface area contributed by atoms with Crippen LogP contribution in [0.1, 0.15) is 99.4 Å². The van der Waals surface area contributed by atoms with Gasteiger partial charge in [0.1, 0.15) is 13.1 Å². The van der Waals surface area contributed by atoms with E-state index in [0.717, 1.165) is 0 Å². The second-order valence-electron chi connectivity index (χ2n) is 10.3. The number of rotatable bonds is 13. The molecule has 3 N–H and O–H groups in total. The molecule has 0 aromatic carbocycles. The zero-order valence-corrected chi connectivity index (χ0v) is 24.0. The first-order valence-corrected chi connectivity index (χ1v) is 9.97. The molecule has 0 aromatic rings. The minimum Gasteiger partial charge on any atom is -0.550 e. The van der Waals surface area contributed by atoms with Gasteiger partial charge in [0.2, 0.25) is 5.91 Å². The molecular weight excluding hydrogens is 505 g/mol. The van der Waals surface area contributed by atoms with Gasteiger partial charge in [-0.2, -0.15) is 0 Å². The second kappa shape index (κ2) is 32.3. The number of carboxylic acid groups (broad SMARTS) is 1. The molecule has 0 aliphatic heterocycles. The maximum atomic E-state index is 12.7. The quantitative estimate of drug-likeness (QED) is 0.133. The molecule has 0 rings (SSSR count). The fourth-order valence-electron chi connectivity index (χ4n) is 3.32. The van der Waals surface area contributed by atoms with Crippen molar-refractivity contribution in [2.45, 2.75) is 112 Å². The van der Waals surface area contributed by atoms with Crippen molar-refractivity contribution in [1.29, 1.82) is 0 Å². The normalized spacial score (nSPS) is 11.7. The van der Waals surface area contributed by atoms with Crippen LogP contribution in [0.3, 0.4) is 0 Å². The molecular formula is C30H80N3NaO5. The molecule has 0 saturated carbocycles. The molecule has 0 bridgehead atoms. The standard InChI is InChI=1S/C20H41N3O5.8CH4.2CH3.Na/c1-9-16(24)10-15(18(26)27)11-20(2,3)19(28)21-14-23(7,8)13-17(25)12-22(4,5)6;;;;;;;;;;;/h15-17,24-25H,9-14H2,1-8H3;8*1H4;2*1H3;/q;;;;;;;;;2*-1;+1/p+1. The summed E-state index contributed by atoms with van der Waals surface area (Å²) in [6.45, 7) is 6.59. The van der Waals surface area contributed by atoms with Gasteiger partial charge in [-0.15, -0.1) is 0 Å². The predicted octanol–water partition coefficient (Wildman–Crippen LogP) is 2.14. The Kier molecular flexibility index (Phi) is 63.9. The van der Waals surface area contributed by atoms with Crippen LogP contribution in [-0.4, -0.2) is 98.3 Å². The van der Waals surface area contributed by atoms with Crippen molar-refractivity contribution in [3.63, 3.8) is 0 Å². The average Bonchev–Trinajstić information content (AvgIpc) is 2.48. The first-order valence-electron chi connectivity index (χ1n) is 9.97. The van der Waals surface area contributed by atoms with Crippen LogP contribution in [0.5, 0.6) is 0 Å². The van der Waals surface area contributed by atoms with Gasteiger partial charge in [-0.25, -0.2) is 0 Å². The summed E-state index contributed by atoms with van der Waals surface area (Å²) in [5.41, 5.74) is -0.918. The van der Waals surface area contributed by atoms with Crippen molar-refractivity contribution in [3.05, 3.63) is 14.9 Å². The number of aliphatic carboxylic acids is 1. The molecule has 39 heavy (non-hydrogen) atoms. The number of quaternary nitrogens is 2. The molecule has 0 radical (unpaired) electrons. The molecule has 0 spiro atoms. The summed E-state index contributed by atoms with van der Waals surface area (Å²) in [6.07, 6.45) is -0.597. The molecule has 3 unspecified atom stereocenters.